The Hall–Kier alpha value is -2.27. The number of carbonyl (C=O) groups excluding carboxylic acids is 1. The maximum atomic E-state index is 13.0. The lowest BCUT2D eigenvalue weighted by molar-refractivity contribution is -0.123. The first-order valence-corrected chi connectivity index (χ1v) is 10.5. The molecule has 0 aromatic carbocycles. The lowest BCUT2D eigenvalue weighted by Gasteiger charge is -2.18. The molecule has 0 aliphatic carbocycles. The minimum absolute atomic E-state index is 0.00778. The molecule has 10 heteroatoms. The zero-order chi connectivity index (χ0) is 20.4. The van der Waals surface area contributed by atoms with E-state index in [1.165, 1.54) is 27.1 Å². The van der Waals surface area contributed by atoms with Crippen LogP contribution in [0.3, 0.4) is 0 Å². The summed E-state index contributed by atoms with van der Waals surface area (Å²) in [5.74, 6) is 0.0841. The first-order chi connectivity index (χ1) is 14.1. The summed E-state index contributed by atoms with van der Waals surface area (Å²) >= 11 is 6.55. The van der Waals surface area contributed by atoms with Crippen LogP contribution in [0.2, 0.25) is 0 Å². The van der Waals surface area contributed by atoms with E-state index in [9.17, 15) is 9.59 Å². The van der Waals surface area contributed by atoms with E-state index in [1.807, 2.05) is 0 Å². The number of anilines is 1. The number of aromatic nitrogens is 2. The molecule has 0 radical (unpaired) electrons. The van der Waals surface area contributed by atoms with E-state index in [4.69, 9.17) is 22.1 Å². The van der Waals surface area contributed by atoms with Gasteiger partial charge in [0.05, 0.1) is 29.7 Å². The van der Waals surface area contributed by atoms with Gasteiger partial charge in [0.25, 0.3) is 11.5 Å². The molecular formula is C19H20N4O4S2. The van der Waals surface area contributed by atoms with Crippen molar-refractivity contribution in [1.29, 1.82) is 0 Å². The average molecular weight is 433 g/mol. The summed E-state index contributed by atoms with van der Waals surface area (Å²) < 4.78 is 7.49. The number of rotatable bonds is 6. The quantitative estimate of drug-likeness (QED) is 0.524. The van der Waals surface area contributed by atoms with Crippen LogP contribution in [0.25, 0.3) is 11.7 Å². The van der Waals surface area contributed by atoms with Gasteiger partial charge in [-0.15, -0.1) is 0 Å². The summed E-state index contributed by atoms with van der Waals surface area (Å²) in [7, 11) is 0. The molecule has 1 atom stereocenters. The van der Waals surface area contributed by atoms with Crippen molar-refractivity contribution in [2.45, 2.75) is 18.9 Å². The molecule has 2 aliphatic heterocycles. The summed E-state index contributed by atoms with van der Waals surface area (Å²) in [6.45, 7) is 1.25. The smallest absolute Gasteiger partial charge is 0.267 e. The van der Waals surface area contributed by atoms with Gasteiger partial charge in [-0.2, -0.15) is 0 Å². The number of thioether (sulfide) groups is 1. The number of carbonyl (C=O) groups is 1. The Bertz CT molecular complexity index is 1050. The predicted octanol–water partition coefficient (Wildman–Crippen LogP) is 1.48. The molecule has 1 amide bonds. The van der Waals surface area contributed by atoms with Gasteiger partial charge in [0, 0.05) is 19.3 Å². The maximum absolute atomic E-state index is 13.0. The molecule has 2 aliphatic rings. The number of aliphatic hydroxyl groups is 1. The van der Waals surface area contributed by atoms with Gasteiger partial charge in [0.1, 0.15) is 15.8 Å². The minimum atomic E-state index is -0.305. The number of aliphatic hydroxyl groups excluding tert-OH is 1. The third-order valence-electron chi connectivity index (χ3n) is 4.73. The highest BCUT2D eigenvalue weighted by molar-refractivity contribution is 8.26. The van der Waals surface area contributed by atoms with E-state index in [1.54, 1.807) is 24.4 Å². The monoisotopic (exact) mass is 432 g/mol. The van der Waals surface area contributed by atoms with Crippen molar-refractivity contribution in [3.05, 3.63) is 45.2 Å². The second-order valence-corrected chi connectivity index (χ2v) is 8.36. The highest BCUT2D eigenvalue weighted by Gasteiger charge is 2.35. The van der Waals surface area contributed by atoms with Crippen LogP contribution >= 0.6 is 24.0 Å². The number of hydrogen-bond acceptors (Lipinski definition) is 8. The molecular weight excluding hydrogens is 412 g/mol. The number of nitrogens with one attached hydrogen (secondary N) is 1. The standard InChI is InChI=1S/C19H20N4O4S2/c24-8-6-20-16-13(17(25)22-7-2-1-5-15(22)21-16)10-14-18(26)23(19(28)29-14)11-12-4-3-9-27-12/h1-2,5,7,10,12,20,24H,3-4,6,8-9,11H2/b14-10-/t12-/m1/s1. The Morgan fingerprint density at radius 2 is 2.28 bits per heavy atom. The van der Waals surface area contributed by atoms with Crippen molar-refractivity contribution >= 4 is 51.7 Å². The third-order valence-corrected chi connectivity index (χ3v) is 6.11. The molecule has 0 saturated carbocycles. The summed E-state index contributed by atoms with van der Waals surface area (Å²) in [6.07, 6.45) is 5.03. The van der Waals surface area contributed by atoms with Crippen molar-refractivity contribution in [3.63, 3.8) is 0 Å². The van der Waals surface area contributed by atoms with Crippen LogP contribution in [0.1, 0.15) is 18.4 Å². The van der Waals surface area contributed by atoms with Crippen molar-refractivity contribution in [2.75, 3.05) is 31.6 Å². The summed E-state index contributed by atoms with van der Waals surface area (Å²) in [6, 6.07) is 5.24. The summed E-state index contributed by atoms with van der Waals surface area (Å²) in [5.41, 5.74) is 0.418. The molecule has 2 aromatic rings. The Morgan fingerprint density at radius 1 is 1.41 bits per heavy atom. The van der Waals surface area contributed by atoms with Gasteiger partial charge < -0.3 is 15.2 Å². The van der Waals surface area contributed by atoms with Crippen LogP contribution in [-0.2, 0) is 9.53 Å². The SMILES string of the molecule is O=C1/C(=C/c2c(NCCO)nc3ccccn3c2=O)SC(=S)N1C[C@H]1CCCO1. The second kappa shape index (κ2) is 8.62. The zero-order valence-corrected chi connectivity index (χ0v) is 17.2. The van der Waals surface area contributed by atoms with Crippen LogP contribution in [0, 0.1) is 0 Å². The molecule has 2 aromatic heterocycles. The summed E-state index contributed by atoms with van der Waals surface area (Å²) in [5, 5.41) is 12.1. The average Bonchev–Trinajstić information content (AvgIpc) is 3.33. The van der Waals surface area contributed by atoms with Crippen LogP contribution in [0.5, 0.6) is 0 Å². The van der Waals surface area contributed by atoms with E-state index in [0.29, 0.717) is 33.8 Å². The van der Waals surface area contributed by atoms with E-state index in [-0.39, 0.29) is 36.3 Å². The van der Waals surface area contributed by atoms with E-state index in [0.717, 1.165) is 12.8 Å². The van der Waals surface area contributed by atoms with Crippen molar-refractivity contribution in [1.82, 2.24) is 14.3 Å². The molecule has 0 spiro atoms. The first kappa shape index (κ1) is 20.0. The fourth-order valence-electron chi connectivity index (χ4n) is 3.32. The fourth-order valence-corrected chi connectivity index (χ4v) is 4.58. The van der Waals surface area contributed by atoms with Crippen molar-refractivity contribution < 1.29 is 14.6 Å². The van der Waals surface area contributed by atoms with E-state index in [2.05, 4.69) is 10.3 Å². The van der Waals surface area contributed by atoms with Gasteiger partial charge in [-0.1, -0.05) is 30.0 Å². The van der Waals surface area contributed by atoms with Crippen LogP contribution in [-0.4, -0.2) is 62.0 Å². The topological polar surface area (TPSA) is 96.2 Å². The summed E-state index contributed by atoms with van der Waals surface area (Å²) in [4.78, 5) is 32.3. The largest absolute Gasteiger partial charge is 0.395 e. The van der Waals surface area contributed by atoms with Gasteiger partial charge >= 0.3 is 0 Å². The zero-order valence-electron chi connectivity index (χ0n) is 15.5. The van der Waals surface area contributed by atoms with Gasteiger partial charge in [0.15, 0.2) is 0 Å². The maximum Gasteiger partial charge on any atom is 0.267 e. The molecule has 2 N–H and O–H groups in total. The van der Waals surface area contributed by atoms with Gasteiger partial charge in [-0.25, -0.2) is 4.98 Å². The normalized spacial score (nSPS) is 20.9. The fraction of sp³-hybridized carbons (Fsp3) is 0.368. The number of nitrogens with zero attached hydrogens (tertiary/aromatic N) is 3. The molecule has 8 nitrogen and oxygen atoms in total. The van der Waals surface area contributed by atoms with Gasteiger partial charge in [-0.05, 0) is 31.1 Å². The molecule has 2 fully saturated rings. The first-order valence-electron chi connectivity index (χ1n) is 9.31. The molecule has 4 rings (SSSR count). The molecule has 29 heavy (non-hydrogen) atoms. The second-order valence-electron chi connectivity index (χ2n) is 6.69. The van der Waals surface area contributed by atoms with Crippen LogP contribution in [0.4, 0.5) is 5.82 Å². The molecule has 0 bridgehead atoms. The Kier molecular flexibility index (Phi) is 5.95. The lowest BCUT2D eigenvalue weighted by Crippen LogP contribution is -2.35. The number of fused-ring (bicyclic) bond motifs is 1. The Balaban J connectivity index is 1.71. The van der Waals surface area contributed by atoms with Crippen molar-refractivity contribution in [2.24, 2.45) is 0 Å². The minimum Gasteiger partial charge on any atom is -0.395 e. The number of thiocarbonyl (C=S) groups is 1. The number of amides is 1. The van der Waals surface area contributed by atoms with E-state index >= 15 is 0 Å². The highest BCUT2D eigenvalue weighted by atomic mass is 32.2. The molecule has 0 unspecified atom stereocenters. The predicted molar refractivity (Wildman–Crippen MR) is 116 cm³/mol. The highest BCUT2D eigenvalue weighted by Crippen LogP contribution is 2.34. The van der Waals surface area contributed by atoms with Crippen LogP contribution < -0.4 is 10.9 Å². The van der Waals surface area contributed by atoms with Gasteiger partial charge in [0.2, 0.25) is 0 Å². The molecule has 152 valence electrons. The van der Waals surface area contributed by atoms with E-state index < -0.39 is 0 Å². The van der Waals surface area contributed by atoms with Crippen LogP contribution in [0.15, 0.2) is 34.1 Å². The number of hydrogen-bond donors (Lipinski definition) is 2. The number of pyridine rings is 1. The Morgan fingerprint density at radius 3 is 3.03 bits per heavy atom. The molecule has 2 saturated heterocycles. The lowest BCUT2D eigenvalue weighted by atomic mass is 10.2. The van der Waals surface area contributed by atoms with Crippen molar-refractivity contribution in [3.8, 4) is 0 Å². The third kappa shape index (κ3) is 4.06. The van der Waals surface area contributed by atoms with Gasteiger partial charge in [-0.3, -0.25) is 18.9 Å². The Labute approximate surface area is 176 Å². The molecule has 4 heterocycles. The number of ether oxygens (including phenoxy) is 1.